The van der Waals surface area contributed by atoms with Crippen molar-refractivity contribution in [3.63, 3.8) is 0 Å². The van der Waals surface area contributed by atoms with E-state index in [0.717, 1.165) is 18.2 Å². The lowest BCUT2D eigenvalue weighted by Crippen LogP contribution is -2.43. The van der Waals surface area contributed by atoms with Crippen LogP contribution in [0.2, 0.25) is 0 Å². The fourth-order valence-corrected chi connectivity index (χ4v) is 1.81. The first kappa shape index (κ1) is 15.8. The lowest BCUT2D eigenvalue weighted by atomic mass is 10.2. The Hall–Kier alpha value is -1.24. The summed E-state index contributed by atoms with van der Waals surface area (Å²) in [6, 6.07) is 2.85. The maximum Gasteiger partial charge on any atom is 0.226 e. The number of morpholine rings is 1. The molecule has 1 aliphatic rings. The van der Waals surface area contributed by atoms with Crippen molar-refractivity contribution in [3.05, 3.63) is 29.8 Å². The molecule has 4 nitrogen and oxygen atoms in total. The normalized spacial score (nSPS) is 18.5. The molecule has 106 valence electrons. The van der Waals surface area contributed by atoms with Gasteiger partial charge in [-0.3, -0.25) is 4.79 Å². The van der Waals surface area contributed by atoms with Gasteiger partial charge in [-0.05, 0) is 12.1 Å². The summed E-state index contributed by atoms with van der Waals surface area (Å²) in [5.74, 6) is -1.74. The van der Waals surface area contributed by atoms with E-state index >= 15 is 0 Å². The SMILES string of the molecule is Cl.O=C(CC1COCCN1)Nc1cc(F)cc(F)c1. The summed E-state index contributed by atoms with van der Waals surface area (Å²) in [7, 11) is 0. The largest absolute Gasteiger partial charge is 0.378 e. The van der Waals surface area contributed by atoms with Gasteiger partial charge in [0.15, 0.2) is 0 Å². The molecule has 1 aliphatic heterocycles. The summed E-state index contributed by atoms with van der Waals surface area (Å²) in [6.07, 6.45) is 0.206. The molecule has 0 bridgehead atoms. The molecular weight excluding hydrogens is 278 g/mol. The van der Waals surface area contributed by atoms with Crippen molar-refractivity contribution in [2.75, 3.05) is 25.1 Å². The topological polar surface area (TPSA) is 50.4 Å². The molecule has 0 spiro atoms. The Labute approximate surface area is 115 Å². The minimum absolute atomic E-state index is 0. The molecule has 0 saturated carbocycles. The van der Waals surface area contributed by atoms with Crippen molar-refractivity contribution in [2.45, 2.75) is 12.5 Å². The van der Waals surface area contributed by atoms with E-state index in [0.29, 0.717) is 19.8 Å². The minimum atomic E-state index is -0.718. The maximum atomic E-state index is 12.9. The van der Waals surface area contributed by atoms with Gasteiger partial charge in [0.25, 0.3) is 0 Å². The quantitative estimate of drug-likeness (QED) is 0.892. The van der Waals surface area contributed by atoms with Gasteiger partial charge in [0, 0.05) is 30.8 Å². The standard InChI is InChI=1S/C12H14F2N2O2.ClH/c13-8-3-9(14)5-10(4-8)16-12(17)6-11-7-18-2-1-15-11;/h3-5,11,15H,1-2,6-7H2,(H,16,17);1H. The first-order valence-electron chi connectivity index (χ1n) is 5.70. The zero-order valence-electron chi connectivity index (χ0n) is 10.1. The van der Waals surface area contributed by atoms with Crippen molar-refractivity contribution >= 4 is 24.0 Å². The Morgan fingerprint density at radius 3 is 2.63 bits per heavy atom. The van der Waals surface area contributed by atoms with Crippen LogP contribution in [0.3, 0.4) is 0 Å². The average Bonchev–Trinajstić information content (AvgIpc) is 2.28. The van der Waals surface area contributed by atoms with Gasteiger partial charge in [0.05, 0.1) is 13.2 Å². The lowest BCUT2D eigenvalue weighted by molar-refractivity contribution is -0.117. The van der Waals surface area contributed by atoms with Gasteiger partial charge in [-0.25, -0.2) is 8.78 Å². The molecular formula is C12H15ClF2N2O2. The van der Waals surface area contributed by atoms with Gasteiger partial charge in [-0.2, -0.15) is 0 Å². The summed E-state index contributed by atoms with van der Waals surface area (Å²) in [4.78, 5) is 11.7. The molecule has 1 unspecified atom stereocenters. The number of amides is 1. The van der Waals surface area contributed by atoms with Crippen LogP contribution in [0.1, 0.15) is 6.42 Å². The van der Waals surface area contributed by atoms with Gasteiger partial charge < -0.3 is 15.4 Å². The molecule has 1 amide bonds. The predicted octanol–water partition coefficient (Wildman–Crippen LogP) is 1.70. The van der Waals surface area contributed by atoms with Crippen LogP contribution in [0, 0.1) is 11.6 Å². The molecule has 0 radical (unpaired) electrons. The van der Waals surface area contributed by atoms with E-state index in [1.165, 1.54) is 0 Å². The van der Waals surface area contributed by atoms with Crippen molar-refractivity contribution in [3.8, 4) is 0 Å². The molecule has 19 heavy (non-hydrogen) atoms. The Balaban J connectivity index is 0.00000180. The summed E-state index contributed by atoms with van der Waals surface area (Å²) in [5.41, 5.74) is 0.120. The number of carbonyl (C=O) groups excluding carboxylic acids is 1. The lowest BCUT2D eigenvalue weighted by Gasteiger charge is -2.23. The fraction of sp³-hybridized carbons (Fsp3) is 0.417. The third-order valence-electron chi connectivity index (χ3n) is 2.58. The molecule has 7 heteroatoms. The zero-order chi connectivity index (χ0) is 13.0. The predicted molar refractivity (Wildman–Crippen MR) is 69.5 cm³/mol. The van der Waals surface area contributed by atoms with Gasteiger partial charge in [-0.1, -0.05) is 0 Å². The van der Waals surface area contributed by atoms with Crippen molar-refractivity contribution in [1.29, 1.82) is 0 Å². The van der Waals surface area contributed by atoms with Crippen molar-refractivity contribution < 1.29 is 18.3 Å². The number of hydrogen-bond acceptors (Lipinski definition) is 3. The van der Waals surface area contributed by atoms with Gasteiger partial charge in [0.2, 0.25) is 5.91 Å². The molecule has 1 heterocycles. The summed E-state index contributed by atoms with van der Waals surface area (Å²) >= 11 is 0. The second-order valence-electron chi connectivity index (χ2n) is 4.14. The first-order chi connectivity index (χ1) is 8.63. The summed E-state index contributed by atoms with van der Waals surface area (Å²) in [6.45, 7) is 1.80. The molecule has 2 rings (SSSR count). The van der Waals surface area contributed by atoms with E-state index in [1.807, 2.05) is 0 Å². The number of halogens is 3. The van der Waals surface area contributed by atoms with E-state index in [-0.39, 0.29) is 36.5 Å². The average molecular weight is 293 g/mol. The van der Waals surface area contributed by atoms with Crippen LogP contribution in [0.4, 0.5) is 14.5 Å². The summed E-state index contributed by atoms with van der Waals surface area (Å²) < 4.78 is 31.0. The fourth-order valence-electron chi connectivity index (χ4n) is 1.81. The van der Waals surface area contributed by atoms with E-state index < -0.39 is 11.6 Å². The minimum Gasteiger partial charge on any atom is -0.378 e. The third-order valence-corrected chi connectivity index (χ3v) is 2.58. The van der Waals surface area contributed by atoms with Gasteiger partial charge in [-0.15, -0.1) is 12.4 Å². The van der Waals surface area contributed by atoms with E-state index in [1.54, 1.807) is 0 Å². The molecule has 0 aromatic heterocycles. The Bertz CT molecular complexity index is 419. The van der Waals surface area contributed by atoms with E-state index in [4.69, 9.17) is 4.74 Å². The molecule has 1 aromatic carbocycles. The van der Waals surface area contributed by atoms with Crippen LogP contribution in [-0.4, -0.2) is 31.7 Å². The third kappa shape index (κ3) is 5.10. The molecule has 1 saturated heterocycles. The Morgan fingerprint density at radius 2 is 2.05 bits per heavy atom. The number of nitrogens with one attached hydrogen (secondary N) is 2. The Kier molecular flexibility index (Phi) is 6.14. The highest BCUT2D eigenvalue weighted by Gasteiger charge is 2.17. The highest BCUT2D eigenvalue weighted by Crippen LogP contribution is 2.13. The summed E-state index contributed by atoms with van der Waals surface area (Å²) in [5, 5.41) is 5.58. The van der Waals surface area contributed by atoms with Crippen molar-refractivity contribution in [2.24, 2.45) is 0 Å². The number of rotatable bonds is 3. The van der Waals surface area contributed by atoms with Crippen LogP contribution in [0.25, 0.3) is 0 Å². The maximum absolute atomic E-state index is 12.9. The molecule has 1 fully saturated rings. The van der Waals surface area contributed by atoms with Gasteiger partial charge in [0.1, 0.15) is 11.6 Å². The zero-order valence-corrected chi connectivity index (χ0v) is 10.9. The second kappa shape index (κ2) is 7.37. The number of carbonyl (C=O) groups is 1. The van der Waals surface area contributed by atoms with Crippen LogP contribution in [0.15, 0.2) is 18.2 Å². The first-order valence-corrected chi connectivity index (χ1v) is 5.70. The molecule has 2 N–H and O–H groups in total. The Morgan fingerprint density at radius 1 is 1.37 bits per heavy atom. The van der Waals surface area contributed by atoms with Crippen molar-refractivity contribution in [1.82, 2.24) is 5.32 Å². The van der Waals surface area contributed by atoms with E-state index in [9.17, 15) is 13.6 Å². The van der Waals surface area contributed by atoms with Gasteiger partial charge >= 0.3 is 0 Å². The molecule has 1 atom stereocenters. The number of ether oxygens (including phenoxy) is 1. The number of benzene rings is 1. The number of hydrogen-bond donors (Lipinski definition) is 2. The molecule has 0 aliphatic carbocycles. The highest BCUT2D eigenvalue weighted by atomic mass is 35.5. The van der Waals surface area contributed by atoms with Crippen LogP contribution in [0.5, 0.6) is 0 Å². The van der Waals surface area contributed by atoms with Crippen LogP contribution in [-0.2, 0) is 9.53 Å². The van der Waals surface area contributed by atoms with Crippen LogP contribution >= 0.6 is 12.4 Å². The number of anilines is 1. The highest BCUT2D eigenvalue weighted by molar-refractivity contribution is 5.91. The smallest absolute Gasteiger partial charge is 0.226 e. The van der Waals surface area contributed by atoms with E-state index in [2.05, 4.69) is 10.6 Å². The monoisotopic (exact) mass is 292 g/mol. The molecule has 1 aromatic rings. The van der Waals surface area contributed by atoms with Crippen LogP contribution < -0.4 is 10.6 Å². The second-order valence-corrected chi connectivity index (χ2v) is 4.14.